The zero-order chi connectivity index (χ0) is 12.1. The molecule has 17 heavy (non-hydrogen) atoms. The quantitative estimate of drug-likeness (QED) is 0.765. The minimum absolute atomic E-state index is 0.791. The molecule has 94 valence electrons. The molecule has 1 aliphatic rings. The molecule has 1 aromatic rings. The second-order valence-electron chi connectivity index (χ2n) is 5.09. The van der Waals surface area contributed by atoms with Gasteiger partial charge in [0.2, 0.25) is 0 Å². The molecular weight excluding hydrogens is 232 g/mol. The molecule has 1 unspecified atom stereocenters. The van der Waals surface area contributed by atoms with Crippen LogP contribution in [0.2, 0.25) is 0 Å². The number of piperidine rings is 1. The summed E-state index contributed by atoms with van der Waals surface area (Å²) >= 11 is 5.84. The molecule has 0 amide bonds. The van der Waals surface area contributed by atoms with Gasteiger partial charge in [0.15, 0.2) is 0 Å². The van der Waals surface area contributed by atoms with E-state index in [1.165, 1.54) is 37.1 Å². The van der Waals surface area contributed by atoms with E-state index in [0.29, 0.717) is 0 Å². The predicted molar refractivity (Wildman–Crippen MR) is 72.3 cm³/mol. The number of aryl methyl sites for hydroxylation is 1. The second-order valence-corrected chi connectivity index (χ2v) is 5.47. The smallest absolute Gasteiger partial charge is 0.0313 e. The Bertz CT molecular complexity index is 352. The molecular formula is C14H21ClN2. The van der Waals surface area contributed by atoms with Gasteiger partial charge in [0.05, 0.1) is 0 Å². The first-order valence-electron chi connectivity index (χ1n) is 6.47. The van der Waals surface area contributed by atoms with Gasteiger partial charge in [-0.05, 0) is 49.8 Å². The van der Waals surface area contributed by atoms with Crippen molar-refractivity contribution in [2.45, 2.75) is 32.7 Å². The third kappa shape index (κ3) is 3.97. The van der Waals surface area contributed by atoms with Crippen molar-refractivity contribution in [3.63, 3.8) is 0 Å². The molecule has 1 fully saturated rings. The van der Waals surface area contributed by atoms with Crippen molar-refractivity contribution in [2.75, 3.05) is 19.0 Å². The van der Waals surface area contributed by atoms with Gasteiger partial charge in [-0.1, -0.05) is 6.07 Å². The Morgan fingerprint density at radius 2 is 2.35 bits per heavy atom. The van der Waals surface area contributed by atoms with Crippen LogP contribution in [0, 0.1) is 12.8 Å². The van der Waals surface area contributed by atoms with Crippen molar-refractivity contribution in [1.29, 1.82) is 0 Å². The van der Waals surface area contributed by atoms with E-state index in [2.05, 4.69) is 22.9 Å². The van der Waals surface area contributed by atoms with E-state index in [-0.39, 0.29) is 0 Å². The first-order chi connectivity index (χ1) is 8.28. The van der Waals surface area contributed by atoms with Gasteiger partial charge in [-0.25, -0.2) is 0 Å². The average molecular weight is 253 g/mol. The van der Waals surface area contributed by atoms with Gasteiger partial charge >= 0.3 is 0 Å². The van der Waals surface area contributed by atoms with Crippen molar-refractivity contribution in [3.05, 3.63) is 29.6 Å². The standard InChI is InChI=1S/C14H21ClN2/c1-12-7-14(9-16-8-12)11-17-6-2-3-13(10-17)4-5-15/h7-9,13H,2-6,10-11H2,1H3. The van der Waals surface area contributed by atoms with Crippen LogP contribution in [0.25, 0.3) is 0 Å². The summed E-state index contributed by atoms with van der Waals surface area (Å²) in [5.74, 6) is 1.59. The number of halogens is 1. The summed E-state index contributed by atoms with van der Waals surface area (Å²) in [4.78, 5) is 6.80. The van der Waals surface area contributed by atoms with E-state index in [9.17, 15) is 0 Å². The molecule has 2 heterocycles. The molecule has 0 N–H and O–H groups in total. The third-order valence-electron chi connectivity index (χ3n) is 3.46. The molecule has 2 nitrogen and oxygen atoms in total. The summed E-state index contributed by atoms with van der Waals surface area (Å²) in [5.41, 5.74) is 2.58. The molecule has 0 saturated carbocycles. The summed E-state index contributed by atoms with van der Waals surface area (Å²) in [6.07, 6.45) is 7.70. The maximum Gasteiger partial charge on any atom is 0.0313 e. The Labute approximate surface area is 109 Å². The summed E-state index contributed by atoms with van der Waals surface area (Å²) in [6.45, 7) is 5.55. The van der Waals surface area contributed by atoms with Crippen molar-refractivity contribution in [1.82, 2.24) is 9.88 Å². The fraction of sp³-hybridized carbons (Fsp3) is 0.643. The van der Waals surface area contributed by atoms with Gasteiger partial charge in [0.25, 0.3) is 0 Å². The Morgan fingerprint density at radius 3 is 3.12 bits per heavy atom. The van der Waals surface area contributed by atoms with Crippen LogP contribution in [-0.2, 0) is 6.54 Å². The highest BCUT2D eigenvalue weighted by molar-refractivity contribution is 6.17. The Hall–Kier alpha value is -0.600. The van der Waals surface area contributed by atoms with E-state index in [4.69, 9.17) is 11.6 Å². The normalized spacial score (nSPS) is 21.6. The van der Waals surface area contributed by atoms with Gasteiger partial charge in [-0.15, -0.1) is 11.6 Å². The fourth-order valence-corrected chi connectivity index (χ4v) is 2.96. The van der Waals surface area contributed by atoms with Crippen molar-refractivity contribution in [2.24, 2.45) is 5.92 Å². The first-order valence-corrected chi connectivity index (χ1v) is 7.00. The third-order valence-corrected chi connectivity index (χ3v) is 3.68. The number of likely N-dealkylation sites (tertiary alicyclic amines) is 1. The van der Waals surface area contributed by atoms with Crippen molar-refractivity contribution >= 4 is 11.6 Å². The maximum absolute atomic E-state index is 5.84. The molecule has 1 aliphatic heterocycles. The summed E-state index contributed by atoms with van der Waals surface area (Å²) in [5, 5.41) is 0. The van der Waals surface area contributed by atoms with Gasteiger partial charge in [-0.2, -0.15) is 0 Å². The van der Waals surface area contributed by atoms with Gasteiger partial charge in [-0.3, -0.25) is 9.88 Å². The van der Waals surface area contributed by atoms with Crippen molar-refractivity contribution < 1.29 is 0 Å². The van der Waals surface area contributed by atoms with Crippen LogP contribution >= 0.6 is 11.6 Å². The van der Waals surface area contributed by atoms with Gasteiger partial charge < -0.3 is 0 Å². The van der Waals surface area contributed by atoms with Crippen LogP contribution in [-0.4, -0.2) is 28.9 Å². The second kappa shape index (κ2) is 6.36. The number of rotatable bonds is 4. The largest absolute Gasteiger partial charge is 0.299 e. The zero-order valence-electron chi connectivity index (χ0n) is 10.5. The number of hydrogen-bond acceptors (Lipinski definition) is 2. The molecule has 1 aromatic heterocycles. The lowest BCUT2D eigenvalue weighted by atomic mass is 9.95. The van der Waals surface area contributed by atoms with E-state index >= 15 is 0 Å². The lowest BCUT2D eigenvalue weighted by Gasteiger charge is -2.32. The van der Waals surface area contributed by atoms with Crippen LogP contribution < -0.4 is 0 Å². The Kier molecular flexibility index (Phi) is 4.81. The monoisotopic (exact) mass is 252 g/mol. The predicted octanol–water partition coefficient (Wildman–Crippen LogP) is 3.23. The lowest BCUT2D eigenvalue weighted by molar-refractivity contribution is 0.165. The number of hydrogen-bond donors (Lipinski definition) is 0. The van der Waals surface area contributed by atoms with Crippen LogP contribution in [0.15, 0.2) is 18.5 Å². The highest BCUT2D eigenvalue weighted by Crippen LogP contribution is 2.21. The number of alkyl halides is 1. The topological polar surface area (TPSA) is 16.1 Å². The van der Waals surface area contributed by atoms with Crippen LogP contribution in [0.3, 0.4) is 0 Å². The number of nitrogens with zero attached hydrogens (tertiary/aromatic N) is 2. The Morgan fingerprint density at radius 1 is 1.47 bits per heavy atom. The molecule has 0 aromatic carbocycles. The summed E-state index contributed by atoms with van der Waals surface area (Å²) < 4.78 is 0. The van der Waals surface area contributed by atoms with E-state index in [1.807, 2.05) is 12.4 Å². The molecule has 1 atom stereocenters. The molecule has 1 saturated heterocycles. The fourth-order valence-electron chi connectivity index (χ4n) is 2.65. The van der Waals surface area contributed by atoms with Gasteiger partial charge in [0, 0.05) is 31.4 Å². The van der Waals surface area contributed by atoms with Crippen LogP contribution in [0.5, 0.6) is 0 Å². The molecule has 0 spiro atoms. The summed E-state index contributed by atoms with van der Waals surface area (Å²) in [7, 11) is 0. The Balaban J connectivity index is 1.90. The van der Waals surface area contributed by atoms with Crippen LogP contribution in [0.4, 0.5) is 0 Å². The lowest BCUT2D eigenvalue weighted by Crippen LogP contribution is -2.35. The number of pyridine rings is 1. The molecule has 0 radical (unpaired) electrons. The van der Waals surface area contributed by atoms with E-state index in [1.54, 1.807) is 0 Å². The number of aromatic nitrogens is 1. The summed E-state index contributed by atoms with van der Waals surface area (Å²) in [6, 6.07) is 2.23. The van der Waals surface area contributed by atoms with E-state index in [0.717, 1.165) is 24.8 Å². The highest BCUT2D eigenvalue weighted by Gasteiger charge is 2.19. The minimum Gasteiger partial charge on any atom is -0.299 e. The zero-order valence-corrected chi connectivity index (χ0v) is 11.3. The SMILES string of the molecule is Cc1cncc(CN2CCCC(CCCl)C2)c1. The minimum atomic E-state index is 0.791. The van der Waals surface area contributed by atoms with Gasteiger partial charge in [0.1, 0.15) is 0 Å². The van der Waals surface area contributed by atoms with Crippen molar-refractivity contribution in [3.8, 4) is 0 Å². The molecule has 0 aliphatic carbocycles. The highest BCUT2D eigenvalue weighted by atomic mass is 35.5. The first kappa shape index (κ1) is 12.8. The van der Waals surface area contributed by atoms with E-state index < -0.39 is 0 Å². The molecule has 0 bridgehead atoms. The molecule has 2 rings (SSSR count). The average Bonchev–Trinajstić information content (AvgIpc) is 2.30. The molecule has 3 heteroatoms. The van der Waals surface area contributed by atoms with Crippen LogP contribution in [0.1, 0.15) is 30.4 Å². The maximum atomic E-state index is 5.84.